The van der Waals surface area contributed by atoms with Gasteiger partial charge in [0.2, 0.25) is 10.0 Å². The molecule has 6 heteroatoms. The lowest BCUT2D eigenvalue weighted by Crippen LogP contribution is -2.16. The van der Waals surface area contributed by atoms with Gasteiger partial charge in [0.05, 0.1) is 24.0 Å². The topological polar surface area (TPSA) is 93.2 Å². The van der Waals surface area contributed by atoms with E-state index in [4.69, 9.17) is 15.1 Å². The molecular weight excluding hydrogens is 288 g/mol. The SMILES string of the molecule is Cc1cc(C#N)cc(C)c1OCCCCCCS(N)(=O)=O. The number of nitrogens with two attached hydrogens (primary N) is 1. The summed E-state index contributed by atoms with van der Waals surface area (Å²) < 4.78 is 27.3. The molecule has 0 radical (unpaired) electrons. The van der Waals surface area contributed by atoms with Gasteiger partial charge in [-0.2, -0.15) is 5.26 Å². The lowest BCUT2D eigenvalue weighted by molar-refractivity contribution is 0.301. The van der Waals surface area contributed by atoms with Crippen molar-refractivity contribution in [1.82, 2.24) is 0 Å². The second-order valence-electron chi connectivity index (χ2n) is 5.18. The molecule has 5 nitrogen and oxygen atoms in total. The van der Waals surface area contributed by atoms with Crippen LogP contribution in [0, 0.1) is 25.2 Å². The monoisotopic (exact) mass is 310 g/mol. The van der Waals surface area contributed by atoms with Crippen molar-refractivity contribution in [3.05, 3.63) is 28.8 Å². The molecule has 116 valence electrons. The zero-order valence-corrected chi connectivity index (χ0v) is 13.4. The number of primary sulfonamides is 1. The predicted molar refractivity (Wildman–Crippen MR) is 82.6 cm³/mol. The van der Waals surface area contributed by atoms with E-state index in [9.17, 15) is 8.42 Å². The van der Waals surface area contributed by atoms with Gasteiger partial charge >= 0.3 is 0 Å². The maximum Gasteiger partial charge on any atom is 0.209 e. The van der Waals surface area contributed by atoms with E-state index in [-0.39, 0.29) is 5.75 Å². The van der Waals surface area contributed by atoms with Crippen LogP contribution in [-0.2, 0) is 10.0 Å². The Balaban J connectivity index is 2.32. The fraction of sp³-hybridized carbons (Fsp3) is 0.533. The highest BCUT2D eigenvalue weighted by Gasteiger charge is 2.06. The fourth-order valence-corrected chi connectivity index (χ4v) is 2.78. The Hall–Kier alpha value is -1.58. The first-order valence-corrected chi connectivity index (χ1v) is 8.69. The Labute approximate surface area is 126 Å². The van der Waals surface area contributed by atoms with Crippen LogP contribution in [0.3, 0.4) is 0 Å². The van der Waals surface area contributed by atoms with Crippen molar-refractivity contribution in [3.63, 3.8) is 0 Å². The minimum Gasteiger partial charge on any atom is -0.493 e. The second kappa shape index (κ2) is 8.01. The van der Waals surface area contributed by atoms with Gasteiger partial charge in [-0.15, -0.1) is 0 Å². The minimum atomic E-state index is -3.34. The predicted octanol–water partition coefficient (Wildman–Crippen LogP) is 2.40. The molecule has 0 aliphatic rings. The van der Waals surface area contributed by atoms with Crippen LogP contribution in [0.25, 0.3) is 0 Å². The molecule has 0 amide bonds. The van der Waals surface area contributed by atoms with E-state index in [1.54, 1.807) is 0 Å². The number of sulfonamides is 1. The van der Waals surface area contributed by atoms with Crippen LogP contribution < -0.4 is 9.88 Å². The minimum absolute atomic E-state index is 0.0433. The summed E-state index contributed by atoms with van der Waals surface area (Å²) >= 11 is 0. The number of nitrogens with zero attached hydrogens (tertiary/aromatic N) is 1. The van der Waals surface area contributed by atoms with E-state index < -0.39 is 10.0 Å². The number of benzene rings is 1. The van der Waals surface area contributed by atoms with Crippen molar-refractivity contribution in [1.29, 1.82) is 5.26 Å². The lowest BCUT2D eigenvalue weighted by atomic mass is 10.1. The molecule has 0 aliphatic carbocycles. The van der Waals surface area contributed by atoms with Gasteiger partial charge in [0.25, 0.3) is 0 Å². The van der Waals surface area contributed by atoms with Crippen LogP contribution in [0.15, 0.2) is 12.1 Å². The molecular formula is C15H22N2O3S. The number of aryl methyl sites for hydroxylation is 2. The zero-order valence-electron chi connectivity index (χ0n) is 12.6. The molecule has 0 heterocycles. The summed E-state index contributed by atoms with van der Waals surface area (Å²) in [7, 11) is -3.34. The van der Waals surface area contributed by atoms with E-state index in [0.29, 0.717) is 18.6 Å². The first-order chi connectivity index (χ1) is 9.83. The molecule has 1 aromatic carbocycles. The van der Waals surface area contributed by atoms with Crippen LogP contribution >= 0.6 is 0 Å². The van der Waals surface area contributed by atoms with Gasteiger partial charge in [0.1, 0.15) is 5.75 Å². The molecule has 0 saturated heterocycles. The molecule has 0 unspecified atom stereocenters. The summed E-state index contributed by atoms with van der Waals surface area (Å²) in [5.74, 6) is 0.875. The lowest BCUT2D eigenvalue weighted by Gasteiger charge is -2.12. The fourth-order valence-electron chi connectivity index (χ4n) is 2.18. The van der Waals surface area contributed by atoms with E-state index in [0.717, 1.165) is 36.1 Å². The molecule has 0 aliphatic heterocycles. The average molecular weight is 310 g/mol. The highest BCUT2D eigenvalue weighted by Crippen LogP contribution is 2.24. The van der Waals surface area contributed by atoms with Crippen molar-refractivity contribution < 1.29 is 13.2 Å². The molecule has 2 N–H and O–H groups in total. The normalized spacial score (nSPS) is 11.1. The first kappa shape index (κ1) is 17.5. The Morgan fingerprint density at radius 2 is 1.71 bits per heavy atom. The smallest absolute Gasteiger partial charge is 0.209 e. The summed E-state index contributed by atoms with van der Waals surface area (Å²) in [6, 6.07) is 5.75. The highest BCUT2D eigenvalue weighted by atomic mass is 32.2. The van der Waals surface area contributed by atoms with Gasteiger partial charge < -0.3 is 4.74 Å². The van der Waals surface area contributed by atoms with E-state index in [1.165, 1.54) is 0 Å². The molecule has 1 aromatic rings. The van der Waals surface area contributed by atoms with Gasteiger partial charge in [0.15, 0.2) is 0 Å². The number of unbranched alkanes of at least 4 members (excludes halogenated alkanes) is 3. The van der Waals surface area contributed by atoms with Gasteiger partial charge in [-0.05, 0) is 49.9 Å². The van der Waals surface area contributed by atoms with Crippen LogP contribution in [0.5, 0.6) is 5.75 Å². The summed E-state index contributed by atoms with van der Waals surface area (Å²) in [6.07, 6.45) is 3.19. The molecule has 21 heavy (non-hydrogen) atoms. The molecule has 0 atom stereocenters. The number of hydrogen-bond donors (Lipinski definition) is 1. The van der Waals surface area contributed by atoms with Gasteiger partial charge in [-0.1, -0.05) is 12.8 Å². The number of nitriles is 1. The quantitative estimate of drug-likeness (QED) is 0.746. The zero-order chi connectivity index (χ0) is 15.9. The maximum absolute atomic E-state index is 10.8. The summed E-state index contributed by atoms with van der Waals surface area (Å²) in [5, 5.41) is 13.8. The van der Waals surface area contributed by atoms with Crippen LogP contribution in [0.1, 0.15) is 42.4 Å². The Bertz CT molecular complexity index is 595. The van der Waals surface area contributed by atoms with Gasteiger partial charge in [0, 0.05) is 0 Å². The van der Waals surface area contributed by atoms with Gasteiger partial charge in [-0.25, -0.2) is 13.6 Å². The third kappa shape index (κ3) is 6.61. The Morgan fingerprint density at radius 3 is 2.24 bits per heavy atom. The largest absolute Gasteiger partial charge is 0.493 e. The third-order valence-electron chi connectivity index (χ3n) is 3.16. The van der Waals surface area contributed by atoms with Crippen molar-refractivity contribution in [3.8, 4) is 11.8 Å². The summed E-state index contributed by atoms with van der Waals surface area (Å²) in [4.78, 5) is 0. The van der Waals surface area contributed by atoms with Crippen LogP contribution in [0.2, 0.25) is 0 Å². The number of hydrogen-bond acceptors (Lipinski definition) is 4. The molecule has 0 saturated carbocycles. The molecule has 0 aromatic heterocycles. The second-order valence-corrected chi connectivity index (χ2v) is 6.91. The van der Waals surface area contributed by atoms with Crippen LogP contribution in [0.4, 0.5) is 0 Å². The first-order valence-electron chi connectivity index (χ1n) is 6.98. The van der Waals surface area contributed by atoms with Crippen molar-refractivity contribution in [2.45, 2.75) is 39.5 Å². The van der Waals surface area contributed by atoms with Crippen molar-refractivity contribution >= 4 is 10.0 Å². The maximum atomic E-state index is 10.8. The number of ether oxygens (including phenoxy) is 1. The highest BCUT2D eigenvalue weighted by molar-refractivity contribution is 7.89. The van der Waals surface area contributed by atoms with Crippen LogP contribution in [-0.4, -0.2) is 20.8 Å². The number of rotatable bonds is 8. The van der Waals surface area contributed by atoms with Gasteiger partial charge in [-0.3, -0.25) is 0 Å². The van der Waals surface area contributed by atoms with Crippen molar-refractivity contribution in [2.75, 3.05) is 12.4 Å². The Morgan fingerprint density at radius 1 is 1.14 bits per heavy atom. The molecule has 0 bridgehead atoms. The standard InChI is InChI=1S/C15H22N2O3S/c1-12-9-14(11-16)10-13(2)15(12)20-7-5-3-4-6-8-21(17,18)19/h9-10H,3-8H2,1-2H3,(H2,17,18,19). The van der Waals surface area contributed by atoms with E-state index in [2.05, 4.69) is 6.07 Å². The van der Waals surface area contributed by atoms with Crippen molar-refractivity contribution in [2.24, 2.45) is 5.14 Å². The molecule has 0 fully saturated rings. The summed E-state index contributed by atoms with van der Waals surface area (Å²) in [6.45, 7) is 4.44. The van der Waals surface area contributed by atoms with E-state index in [1.807, 2.05) is 26.0 Å². The van der Waals surface area contributed by atoms with E-state index >= 15 is 0 Å². The summed E-state index contributed by atoms with van der Waals surface area (Å²) in [5.41, 5.74) is 2.56. The third-order valence-corrected chi connectivity index (χ3v) is 4.02. The molecule has 0 spiro atoms. The average Bonchev–Trinajstić information content (AvgIpc) is 2.38. The Kier molecular flexibility index (Phi) is 6.66. The molecule has 1 rings (SSSR count).